The van der Waals surface area contributed by atoms with Gasteiger partial charge in [-0.2, -0.15) is 0 Å². The van der Waals surface area contributed by atoms with Gasteiger partial charge in [-0.3, -0.25) is 0 Å². The fraction of sp³-hybridized carbons (Fsp3) is 0.333. The van der Waals surface area contributed by atoms with E-state index < -0.39 is 0 Å². The number of hydrogen-bond acceptors (Lipinski definition) is 2. The molecule has 0 saturated heterocycles. The van der Waals surface area contributed by atoms with Gasteiger partial charge in [0.1, 0.15) is 5.75 Å². The minimum atomic E-state index is 0.748. The van der Waals surface area contributed by atoms with Gasteiger partial charge in [-0.1, -0.05) is 98.2 Å². The highest BCUT2D eigenvalue weighted by molar-refractivity contribution is 6.53. The molecule has 3 heteroatoms. The fourth-order valence-corrected chi connectivity index (χ4v) is 4.41. The third-order valence-electron chi connectivity index (χ3n) is 5.67. The second-order valence-corrected chi connectivity index (χ2v) is 8.72. The lowest BCUT2D eigenvalue weighted by Gasteiger charge is -2.20. The molecule has 0 aromatic heterocycles. The van der Waals surface area contributed by atoms with Crippen molar-refractivity contribution < 1.29 is 4.74 Å². The molecular weight excluding hydrogens is 426 g/mol. The number of hydrogen-bond donors (Lipinski definition) is 0. The van der Waals surface area contributed by atoms with Crippen LogP contribution in [-0.4, -0.2) is 31.1 Å². The number of rotatable bonds is 13. The van der Waals surface area contributed by atoms with E-state index in [0.29, 0.717) is 0 Å². The molecule has 0 aliphatic heterocycles. The summed E-state index contributed by atoms with van der Waals surface area (Å²) in [6, 6.07) is 28.8. The molecule has 2 nitrogen and oxygen atoms in total. The predicted molar refractivity (Wildman–Crippen MR) is 143 cm³/mol. The summed E-state index contributed by atoms with van der Waals surface area (Å²) in [4.78, 5) is 2.56. The van der Waals surface area contributed by atoms with Gasteiger partial charge in [0.2, 0.25) is 0 Å². The van der Waals surface area contributed by atoms with Gasteiger partial charge < -0.3 is 9.64 Å². The SMILES string of the molecule is CCCN(CCC)CCCCOc1ccc(C(=C(Cl)c2ccccc2)c2ccccc2)cc1. The molecule has 0 saturated carbocycles. The fourth-order valence-electron chi connectivity index (χ4n) is 4.07. The zero-order chi connectivity index (χ0) is 23.3. The molecule has 0 bridgehead atoms. The highest BCUT2D eigenvalue weighted by Gasteiger charge is 2.12. The molecule has 33 heavy (non-hydrogen) atoms. The monoisotopic (exact) mass is 461 g/mol. The smallest absolute Gasteiger partial charge is 0.119 e. The number of nitrogens with zero attached hydrogens (tertiary/aromatic N) is 1. The minimum absolute atomic E-state index is 0.748. The zero-order valence-electron chi connectivity index (χ0n) is 20.0. The lowest BCUT2D eigenvalue weighted by atomic mass is 9.95. The van der Waals surface area contributed by atoms with Crippen LogP contribution < -0.4 is 4.74 Å². The first kappa shape index (κ1) is 25.1. The lowest BCUT2D eigenvalue weighted by molar-refractivity contribution is 0.250. The highest BCUT2D eigenvalue weighted by atomic mass is 35.5. The van der Waals surface area contributed by atoms with E-state index in [9.17, 15) is 0 Å². The maximum atomic E-state index is 6.91. The van der Waals surface area contributed by atoms with Crippen LogP contribution in [0.1, 0.15) is 56.2 Å². The molecule has 0 spiro atoms. The molecule has 0 unspecified atom stereocenters. The first-order valence-electron chi connectivity index (χ1n) is 12.2. The van der Waals surface area contributed by atoms with Crippen molar-refractivity contribution in [3.05, 3.63) is 102 Å². The summed E-state index contributed by atoms with van der Waals surface area (Å²) in [6.45, 7) is 8.80. The Morgan fingerprint density at radius 2 is 1.21 bits per heavy atom. The second kappa shape index (κ2) is 13.9. The topological polar surface area (TPSA) is 12.5 Å². The number of unbranched alkanes of at least 4 members (excludes halogenated alkanes) is 1. The molecule has 0 radical (unpaired) electrons. The summed E-state index contributed by atoms with van der Waals surface area (Å²) in [5.41, 5.74) is 4.22. The average Bonchev–Trinajstić information content (AvgIpc) is 2.86. The number of benzene rings is 3. The van der Waals surface area contributed by atoms with E-state index in [-0.39, 0.29) is 0 Å². The van der Waals surface area contributed by atoms with Crippen molar-refractivity contribution in [2.75, 3.05) is 26.2 Å². The second-order valence-electron chi connectivity index (χ2n) is 8.34. The molecule has 0 aliphatic carbocycles. The molecule has 3 aromatic carbocycles. The Hall–Kier alpha value is -2.55. The van der Waals surface area contributed by atoms with Gasteiger partial charge in [-0.15, -0.1) is 0 Å². The van der Waals surface area contributed by atoms with E-state index in [4.69, 9.17) is 16.3 Å². The van der Waals surface area contributed by atoms with Crippen LogP contribution in [0.4, 0.5) is 0 Å². The van der Waals surface area contributed by atoms with E-state index in [1.54, 1.807) is 0 Å². The van der Waals surface area contributed by atoms with Crippen molar-refractivity contribution in [1.82, 2.24) is 4.90 Å². The van der Waals surface area contributed by atoms with Crippen LogP contribution in [0.3, 0.4) is 0 Å². The predicted octanol–water partition coefficient (Wildman–Crippen LogP) is 8.12. The normalized spacial score (nSPS) is 12.0. The molecule has 0 heterocycles. The first-order chi connectivity index (χ1) is 16.2. The quantitative estimate of drug-likeness (QED) is 0.188. The Labute approximate surface area is 204 Å². The summed E-state index contributed by atoms with van der Waals surface area (Å²) in [5, 5.41) is 0.749. The molecule has 0 aliphatic rings. The van der Waals surface area contributed by atoms with Crippen LogP contribution in [0, 0.1) is 0 Å². The molecule has 3 aromatic rings. The molecule has 3 rings (SSSR count). The van der Waals surface area contributed by atoms with Crippen molar-refractivity contribution in [3.8, 4) is 5.75 Å². The standard InChI is InChI=1S/C30H36ClNO/c1-3-21-32(22-4-2)23-11-12-24-33-28-19-17-26(18-20-28)29(25-13-7-5-8-14-25)30(31)27-15-9-6-10-16-27/h5-10,13-20H,3-4,11-12,21-24H2,1-2H3. The minimum Gasteiger partial charge on any atom is -0.494 e. The van der Waals surface area contributed by atoms with Gasteiger partial charge in [0.05, 0.1) is 11.6 Å². The van der Waals surface area contributed by atoms with Crippen LogP contribution in [-0.2, 0) is 0 Å². The van der Waals surface area contributed by atoms with Gasteiger partial charge in [0.25, 0.3) is 0 Å². The summed E-state index contributed by atoms with van der Waals surface area (Å²) < 4.78 is 6.03. The van der Waals surface area contributed by atoms with Crippen molar-refractivity contribution in [1.29, 1.82) is 0 Å². The van der Waals surface area contributed by atoms with Gasteiger partial charge in [0.15, 0.2) is 0 Å². The molecule has 0 fully saturated rings. The van der Waals surface area contributed by atoms with Gasteiger partial charge in [-0.25, -0.2) is 0 Å². The van der Waals surface area contributed by atoms with Crippen molar-refractivity contribution >= 4 is 22.2 Å². The first-order valence-corrected chi connectivity index (χ1v) is 12.6. The van der Waals surface area contributed by atoms with Gasteiger partial charge >= 0.3 is 0 Å². The van der Waals surface area contributed by atoms with Crippen LogP contribution in [0.25, 0.3) is 10.6 Å². The van der Waals surface area contributed by atoms with Crippen molar-refractivity contribution in [3.63, 3.8) is 0 Å². The van der Waals surface area contributed by atoms with E-state index >= 15 is 0 Å². The molecule has 0 N–H and O–H groups in total. The molecular formula is C30H36ClNO. The molecule has 0 atom stereocenters. The number of halogens is 1. The van der Waals surface area contributed by atoms with E-state index in [1.807, 2.05) is 60.7 Å². The lowest BCUT2D eigenvalue weighted by Crippen LogP contribution is -2.26. The molecule has 0 amide bonds. The maximum Gasteiger partial charge on any atom is 0.119 e. The molecule has 174 valence electrons. The third kappa shape index (κ3) is 7.77. The van der Waals surface area contributed by atoms with Crippen molar-refractivity contribution in [2.24, 2.45) is 0 Å². The van der Waals surface area contributed by atoms with E-state index in [0.717, 1.165) is 52.6 Å². The third-order valence-corrected chi connectivity index (χ3v) is 6.08. The van der Waals surface area contributed by atoms with Gasteiger partial charge in [-0.05, 0) is 74.1 Å². The Balaban J connectivity index is 1.65. The average molecular weight is 462 g/mol. The maximum absolute atomic E-state index is 6.91. The zero-order valence-corrected chi connectivity index (χ0v) is 20.7. The van der Waals surface area contributed by atoms with Crippen molar-refractivity contribution in [2.45, 2.75) is 39.5 Å². The summed E-state index contributed by atoms with van der Waals surface area (Å²) in [5.74, 6) is 0.904. The van der Waals surface area contributed by atoms with Crippen LogP contribution in [0.5, 0.6) is 5.75 Å². The Morgan fingerprint density at radius 1 is 0.667 bits per heavy atom. The van der Waals surface area contributed by atoms with Crippen LogP contribution >= 0.6 is 11.6 Å². The summed E-state index contributed by atoms with van der Waals surface area (Å²) >= 11 is 6.91. The Morgan fingerprint density at radius 3 is 1.79 bits per heavy atom. The van der Waals surface area contributed by atoms with Gasteiger partial charge in [0, 0.05) is 5.57 Å². The number of ether oxygens (including phenoxy) is 1. The van der Waals surface area contributed by atoms with E-state index in [2.05, 4.69) is 43.0 Å². The largest absolute Gasteiger partial charge is 0.494 e. The van der Waals surface area contributed by atoms with Crippen LogP contribution in [0.15, 0.2) is 84.9 Å². The van der Waals surface area contributed by atoms with E-state index in [1.165, 1.54) is 32.4 Å². The van der Waals surface area contributed by atoms with Crippen LogP contribution in [0.2, 0.25) is 0 Å². The Bertz CT molecular complexity index is 961. The highest BCUT2D eigenvalue weighted by Crippen LogP contribution is 2.35. The summed E-state index contributed by atoms with van der Waals surface area (Å²) in [7, 11) is 0. The Kier molecular flexibility index (Phi) is 10.5. The summed E-state index contributed by atoms with van der Waals surface area (Å²) in [6.07, 6.45) is 4.68.